The molecular weight excluding hydrogens is 391 g/mol. The predicted octanol–water partition coefficient (Wildman–Crippen LogP) is 2.93. The van der Waals surface area contributed by atoms with Gasteiger partial charge in [-0.25, -0.2) is 26.4 Å². The molecule has 6 nitrogen and oxygen atoms in total. The van der Waals surface area contributed by atoms with E-state index in [1.807, 2.05) is 4.72 Å². The van der Waals surface area contributed by atoms with Gasteiger partial charge in [0.15, 0.2) is 0 Å². The Morgan fingerprint density at radius 3 is 2.28 bits per heavy atom. The molecule has 0 aliphatic heterocycles. The minimum absolute atomic E-state index is 0.154. The summed E-state index contributed by atoms with van der Waals surface area (Å²) in [6, 6.07) is 9.40. The third kappa shape index (κ3) is 4.79. The van der Waals surface area contributed by atoms with Crippen molar-refractivity contribution < 1.29 is 21.2 Å². The van der Waals surface area contributed by atoms with Crippen molar-refractivity contribution in [1.82, 2.24) is 0 Å². The number of hydrogen-bond donors (Lipinski definition) is 2. The van der Waals surface area contributed by atoms with Gasteiger partial charge in [-0.2, -0.15) is 0 Å². The second-order valence-electron chi connectivity index (χ2n) is 5.07. The molecule has 0 saturated heterocycles. The molecule has 0 amide bonds. The summed E-state index contributed by atoms with van der Waals surface area (Å²) < 4.78 is 63.8. The van der Waals surface area contributed by atoms with Crippen LogP contribution in [0.3, 0.4) is 0 Å². The number of benzene rings is 2. The zero-order chi connectivity index (χ0) is 18.8. The van der Waals surface area contributed by atoms with Crippen LogP contribution in [0.2, 0.25) is 5.02 Å². The summed E-state index contributed by atoms with van der Waals surface area (Å²) in [5.41, 5.74) is -0.179. The number of para-hydroxylation sites is 1. The fraction of sp³-hybridized carbons (Fsp3) is 0.0667. The van der Waals surface area contributed by atoms with Crippen LogP contribution in [0.4, 0.5) is 10.1 Å². The number of primary sulfonamides is 1. The lowest BCUT2D eigenvalue weighted by atomic mass is 10.2. The molecule has 0 atom stereocenters. The molecule has 2 aromatic rings. The van der Waals surface area contributed by atoms with E-state index in [2.05, 4.69) is 0 Å². The zero-order valence-corrected chi connectivity index (χ0v) is 15.3. The van der Waals surface area contributed by atoms with Crippen molar-refractivity contribution in [2.75, 3.05) is 4.72 Å². The zero-order valence-electron chi connectivity index (χ0n) is 12.9. The van der Waals surface area contributed by atoms with Crippen molar-refractivity contribution in [3.05, 3.63) is 63.8 Å². The van der Waals surface area contributed by atoms with Gasteiger partial charge in [-0.05, 0) is 42.8 Å². The summed E-state index contributed by atoms with van der Waals surface area (Å²) in [5, 5.41) is 5.49. The first-order valence-electron chi connectivity index (χ1n) is 6.79. The fourth-order valence-electron chi connectivity index (χ4n) is 1.93. The standard InChI is InChI=1S/C15H14ClFN2O4S2/c1-10(9-11-5-7-12(16)8-6-11)25(22,23)19-15-13(17)3-2-4-14(15)24(18,20)21/h2-9,19H,1H3,(H2,18,20,21)/b10-9-. The van der Waals surface area contributed by atoms with E-state index in [1.54, 1.807) is 24.3 Å². The number of rotatable bonds is 5. The molecule has 0 aliphatic carbocycles. The summed E-state index contributed by atoms with van der Waals surface area (Å²) >= 11 is 5.76. The van der Waals surface area contributed by atoms with E-state index in [-0.39, 0.29) is 4.91 Å². The Labute approximate surface area is 150 Å². The SMILES string of the molecule is C/C(=C/c1ccc(Cl)cc1)S(=O)(=O)Nc1c(F)cccc1S(N)(=O)=O. The van der Waals surface area contributed by atoms with Crippen molar-refractivity contribution in [3.8, 4) is 0 Å². The Morgan fingerprint density at radius 2 is 1.72 bits per heavy atom. The van der Waals surface area contributed by atoms with E-state index >= 15 is 0 Å². The van der Waals surface area contributed by atoms with E-state index in [0.29, 0.717) is 10.6 Å². The van der Waals surface area contributed by atoms with Crippen LogP contribution in [0.5, 0.6) is 0 Å². The monoisotopic (exact) mass is 404 g/mol. The summed E-state index contributed by atoms with van der Waals surface area (Å²) in [7, 11) is -8.53. The molecule has 2 rings (SSSR count). The second-order valence-corrected chi connectivity index (χ2v) is 8.89. The highest BCUT2D eigenvalue weighted by molar-refractivity contribution is 7.96. The van der Waals surface area contributed by atoms with Gasteiger partial charge < -0.3 is 0 Å². The highest BCUT2D eigenvalue weighted by atomic mass is 35.5. The Bertz CT molecular complexity index is 1030. The molecule has 0 aliphatic rings. The van der Waals surface area contributed by atoms with Crippen LogP contribution in [0, 0.1) is 5.82 Å². The van der Waals surface area contributed by atoms with Crippen molar-refractivity contribution in [2.24, 2.45) is 5.14 Å². The topological polar surface area (TPSA) is 106 Å². The molecule has 3 N–H and O–H groups in total. The van der Waals surface area contributed by atoms with Gasteiger partial charge in [-0.3, -0.25) is 4.72 Å². The molecule has 10 heteroatoms. The van der Waals surface area contributed by atoms with Crippen LogP contribution in [-0.2, 0) is 20.0 Å². The molecule has 0 bridgehead atoms. The number of nitrogens with two attached hydrogens (primary N) is 1. The maximum absolute atomic E-state index is 14.0. The molecule has 0 spiro atoms. The van der Waals surface area contributed by atoms with Gasteiger partial charge in [0.1, 0.15) is 16.4 Å². The summed E-state index contributed by atoms with van der Waals surface area (Å²) in [5.74, 6) is -1.06. The lowest BCUT2D eigenvalue weighted by molar-refractivity contribution is 0.593. The molecule has 0 heterocycles. The van der Waals surface area contributed by atoms with Crippen molar-refractivity contribution in [2.45, 2.75) is 11.8 Å². The second kappa shape index (κ2) is 7.12. The molecule has 0 unspecified atom stereocenters. The average Bonchev–Trinajstić information content (AvgIpc) is 2.50. The first-order valence-corrected chi connectivity index (χ1v) is 10.2. The third-order valence-electron chi connectivity index (χ3n) is 3.18. The van der Waals surface area contributed by atoms with Crippen molar-refractivity contribution in [3.63, 3.8) is 0 Å². The summed E-state index contributed by atoms with van der Waals surface area (Å²) in [6.07, 6.45) is 1.33. The van der Waals surface area contributed by atoms with Gasteiger partial charge in [-0.15, -0.1) is 0 Å². The highest BCUT2D eigenvalue weighted by Crippen LogP contribution is 2.26. The largest absolute Gasteiger partial charge is 0.276 e. The van der Waals surface area contributed by atoms with E-state index in [9.17, 15) is 21.2 Å². The van der Waals surface area contributed by atoms with Gasteiger partial charge in [0.05, 0.1) is 4.91 Å². The quantitative estimate of drug-likeness (QED) is 0.798. The van der Waals surface area contributed by atoms with Gasteiger partial charge >= 0.3 is 0 Å². The number of halogens is 2. The Kier molecular flexibility index (Phi) is 5.52. The van der Waals surface area contributed by atoms with E-state index in [1.165, 1.54) is 13.0 Å². The molecule has 134 valence electrons. The molecule has 0 fully saturated rings. The van der Waals surface area contributed by atoms with Gasteiger partial charge in [0.2, 0.25) is 10.0 Å². The summed E-state index contributed by atoms with van der Waals surface area (Å²) in [4.78, 5) is -0.811. The van der Waals surface area contributed by atoms with Crippen molar-refractivity contribution >= 4 is 43.4 Å². The Balaban J connectivity index is 2.44. The minimum Gasteiger partial charge on any atom is -0.276 e. The third-order valence-corrected chi connectivity index (χ3v) is 5.83. The predicted molar refractivity (Wildman–Crippen MR) is 95.4 cm³/mol. The number of anilines is 1. The molecule has 0 saturated carbocycles. The van der Waals surface area contributed by atoms with Gasteiger partial charge in [0.25, 0.3) is 10.0 Å². The maximum Gasteiger partial charge on any atom is 0.257 e. The number of nitrogens with one attached hydrogen (secondary N) is 1. The number of sulfonamides is 2. The van der Waals surface area contributed by atoms with Gasteiger partial charge in [0, 0.05) is 5.02 Å². The Morgan fingerprint density at radius 1 is 1.12 bits per heavy atom. The van der Waals surface area contributed by atoms with Crippen LogP contribution in [-0.4, -0.2) is 16.8 Å². The Hall–Kier alpha value is -1.94. The van der Waals surface area contributed by atoms with E-state index < -0.39 is 36.4 Å². The first kappa shape index (κ1) is 19.4. The fourth-order valence-corrected chi connectivity index (χ4v) is 3.75. The molecule has 0 radical (unpaired) electrons. The van der Waals surface area contributed by atoms with Crippen LogP contribution in [0.15, 0.2) is 52.3 Å². The lowest BCUT2D eigenvalue weighted by Gasteiger charge is -2.12. The number of hydrogen-bond acceptors (Lipinski definition) is 4. The molecule has 2 aromatic carbocycles. The van der Waals surface area contributed by atoms with Crippen LogP contribution in [0.25, 0.3) is 6.08 Å². The van der Waals surface area contributed by atoms with Gasteiger partial charge in [-0.1, -0.05) is 29.8 Å². The lowest BCUT2D eigenvalue weighted by Crippen LogP contribution is -2.20. The highest BCUT2D eigenvalue weighted by Gasteiger charge is 2.23. The van der Waals surface area contributed by atoms with Crippen LogP contribution in [0.1, 0.15) is 12.5 Å². The number of allylic oxidation sites excluding steroid dienone is 1. The normalized spacial score (nSPS) is 12.9. The minimum atomic E-state index is -4.32. The average molecular weight is 405 g/mol. The molecule has 0 aromatic heterocycles. The smallest absolute Gasteiger partial charge is 0.257 e. The van der Waals surface area contributed by atoms with Crippen LogP contribution >= 0.6 is 11.6 Å². The maximum atomic E-state index is 14.0. The van der Waals surface area contributed by atoms with Crippen LogP contribution < -0.4 is 9.86 Å². The van der Waals surface area contributed by atoms with Crippen molar-refractivity contribution in [1.29, 1.82) is 0 Å². The first-order chi connectivity index (χ1) is 11.5. The van der Waals surface area contributed by atoms with E-state index in [4.69, 9.17) is 16.7 Å². The molecule has 25 heavy (non-hydrogen) atoms. The molecular formula is C15H14ClFN2O4S2. The summed E-state index contributed by atoms with van der Waals surface area (Å²) in [6.45, 7) is 1.29. The van der Waals surface area contributed by atoms with E-state index in [0.717, 1.165) is 18.2 Å².